The summed E-state index contributed by atoms with van der Waals surface area (Å²) in [5, 5.41) is 5.73. The first-order valence-electron chi connectivity index (χ1n) is 12.4. The van der Waals surface area contributed by atoms with E-state index in [0.29, 0.717) is 37.7 Å². The number of nitrogens with zero attached hydrogens (tertiary/aromatic N) is 4. The van der Waals surface area contributed by atoms with Gasteiger partial charge in [-0.25, -0.2) is 14.2 Å². The topological polar surface area (TPSA) is 91.7 Å². The Hall–Kier alpha value is -3.76. The molecule has 10 heteroatoms. The van der Waals surface area contributed by atoms with Crippen molar-refractivity contribution in [2.45, 2.75) is 19.9 Å². The molecule has 4 rings (SSSR count). The summed E-state index contributed by atoms with van der Waals surface area (Å²) in [4.78, 5) is 34.4. The molecule has 1 aliphatic rings. The molecular weight excluding hydrogens is 475 g/mol. The third kappa shape index (κ3) is 7.37. The smallest absolute Gasteiger partial charge is 0.318 e. The minimum Gasteiger partial charge on any atom is -0.379 e. The van der Waals surface area contributed by atoms with Crippen LogP contribution in [0, 0.1) is 5.82 Å². The van der Waals surface area contributed by atoms with Crippen molar-refractivity contribution in [1.82, 2.24) is 24.7 Å². The Kier molecular flexibility index (Phi) is 8.86. The molecule has 2 N–H and O–H groups in total. The van der Waals surface area contributed by atoms with Gasteiger partial charge in [0, 0.05) is 49.7 Å². The minimum absolute atomic E-state index is 0.0627. The van der Waals surface area contributed by atoms with Gasteiger partial charge < -0.3 is 15.0 Å². The summed E-state index contributed by atoms with van der Waals surface area (Å²) in [6, 6.07) is 15.2. The number of carbonyl (C=O) groups excluding carboxylic acids is 2. The fourth-order valence-corrected chi connectivity index (χ4v) is 4.03. The van der Waals surface area contributed by atoms with E-state index in [0.717, 1.165) is 18.7 Å². The number of morpholine rings is 1. The zero-order valence-electron chi connectivity index (χ0n) is 21.2. The molecule has 0 saturated carbocycles. The van der Waals surface area contributed by atoms with Crippen LogP contribution in [0.2, 0.25) is 0 Å². The number of hydrogen-bond donors (Lipinski definition) is 2. The second-order valence-electron chi connectivity index (χ2n) is 9.19. The van der Waals surface area contributed by atoms with Gasteiger partial charge in [0.15, 0.2) is 0 Å². The van der Waals surface area contributed by atoms with E-state index >= 15 is 0 Å². The molecule has 0 radical (unpaired) electrons. The predicted molar refractivity (Wildman–Crippen MR) is 140 cm³/mol. The Balaban J connectivity index is 1.52. The van der Waals surface area contributed by atoms with Gasteiger partial charge in [-0.3, -0.25) is 19.6 Å². The SMILES string of the molecule is CC(C)NC(=O)N(CCN1CCOCC1)CC(=O)Nc1nc(-c2ccccc2)cn1-c1ccc(F)cc1. The lowest BCUT2D eigenvalue weighted by Crippen LogP contribution is -2.50. The highest BCUT2D eigenvalue weighted by molar-refractivity contribution is 5.93. The van der Waals surface area contributed by atoms with E-state index in [1.165, 1.54) is 17.0 Å². The predicted octanol–water partition coefficient (Wildman–Crippen LogP) is 3.37. The zero-order chi connectivity index (χ0) is 26.2. The van der Waals surface area contributed by atoms with E-state index in [1.54, 1.807) is 22.9 Å². The highest BCUT2D eigenvalue weighted by atomic mass is 19.1. The Morgan fingerprint density at radius 3 is 2.46 bits per heavy atom. The quantitative estimate of drug-likeness (QED) is 0.463. The van der Waals surface area contributed by atoms with E-state index in [2.05, 4.69) is 20.5 Å². The highest BCUT2D eigenvalue weighted by Gasteiger charge is 2.21. The molecule has 2 heterocycles. The Morgan fingerprint density at radius 2 is 1.78 bits per heavy atom. The molecule has 1 aromatic heterocycles. The number of rotatable bonds is 9. The zero-order valence-corrected chi connectivity index (χ0v) is 21.2. The molecule has 0 spiro atoms. The van der Waals surface area contributed by atoms with Gasteiger partial charge in [0.05, 0.1) is 18.9 Å². The summed E-state index contributed by atoms with van der Waals surface area (Å²) < 4.78 is 20.6. The van der Waals surface area contributed by atoms with Gasteiger partial charge in [0.1, 0.15) is 12.4 Å². The average molecular weight is 509 g/mol. The van der Waals surface area contributed by atoms with Crippen LogP contribution in [-0.4, -0.2) is 83.3 Å². The monoisotopic (exact) mass is 508 g/mol. The van der Waals surface area contributed by atoms with Crippen LogP contribution in [0.4, 0.5) is 15.1 Å². The molecule has 9 nitrogen and oxygen atoms in total. The number of amides is 3. The molecule has 3 amide bonds. The molecule has 196 valence electrons. The fourth-order valence-electron chi connectivity index (χ4n) is 4.03. The first kappa shape index (κ1) is 26.3. The van der Waals surface area contributed by atoms with Crippen LogP contribution in [0.25, 0.3) is 16.9 Å². The van der Waals surface area contributed by atoms with Crippen molar-refractivity contribution in [2.24, 2.45) is 0 Å². The van der Waals surface area contributed by atoms with Gasteiger partial charge >= 0.3 is 6.03 Å². The number of halogens is 1. The summed E-state index contributed by atoms with van der Waals surface area (Å²) in [6.07, 6.45) is 1.79. The van der Waals surface area contributed by atoms with Crippen molar-refractivity contribution >= 4 is 17.9 Å². The first-order valence-corrected chi connectivity index (χ1v) is 12.4. The summed E-state index contributed by atoms with van der Waals surface area (Å²) >= 11 is 0. The number of nitrogens with one attached hydrogen (secondary N) is 2. The number of hydrogen-bond acceptors (Lipinski definition) is 5. The number of urea groups is 1. The van der Waals surface area contributed by atoms with E-state index in [1.807, 2.05) is 44.2 Å². The second-order valence-corrected chi connectivity index (χ2v) is 9.19. The van der Waals surface area contributed by atoms with Crippen LogP contribution in [-0.2, 0) is 9.53 Å². The van der Waals surface area contributed by atoms with E-state index in [-0.39, 0.29) is 36.3 Å². The average Bonchev–Trinajstić information content (AvgIpc) is 3.31. The van der Waals surface area contributed by atoms with Crippen LogP contribution in [0.3, 0.4) is 0 Å². The van der Waals surface area contributed by atoms with Crippen LogP contribution in [0.1, 0.15) is 13.8 Å². The molecular formula is C27H33FN6O3. The van der Waals surface area contributed by atoms with Crippen molar-refractivity contribution in [2.75, 3.05) is 51.3 Å². The lowest BCUT2D eigenvalue weighted by atomic mass is 10.2. The molecule has 37 heavy (non-hydrogen) atoms. The molecule has 0 aliphatic carbocycles. The summed E-state index contributed by atoms with van der Waals surface area (Å²) in [5.74, 6) is -0.452. The first-order chi connectivity index (χ1) is 17.9. The van der Waals surface area contributed by atoms with Gasteiger partial charge in [-0.15, -0.1) is 0 Å². The number of anilines is 1. The lowest BCUT2D eigenvalue weighted by Gasteiger charge is -2.30. The van der Waals surface area contributed by atoms with Crippen LogP contribution < -0.4 is 10.6 Å². The van der Waals surface area contributed by atoms with E-state index in [9.17, 15) is 14.0 Å². The highest BCUT2D eigenvalue weighted by Crippen LogP contribution is 2.24. The van der Waals surface area contributed by atoms with Crippen molar-refractivity contribution in [3.05, 3.63) is 66.6 Å². The molecule has 2 aromatic carbocycles. The maximum atomic E-state index is 13.6. The van der Waals surface area contributed by atoms with Crippen molar-refractivity contribution in [1.29, 1.82) is 0 Å². The molecule has 1 fully saturated rings. The fraction of sp³-hybridized carbons (Fsp3) is 0.370. The third-order valence-corrected chi connectivity index (χ3v) is 5.96. The van der Waals surface area contributed by atoms with Crippen molar-refractivity contribution in [3.8, 4) is 16.9 Å². The van der Waals surface area contributed by atoms with Crippen molar-refractivity contribution in [3.63, 3.8) is 0 Å². The van der Waals surface area contributed by atoms with Crippen LogP contribution in [0.5, 0.6) is 0 Å². The standard InChI is InChI=1S/C27H33FN6O3/c1-20(2)29-27(36)33(13-12-32-14-16-37-17-15-32)19-25(35)31-26-30-24(21-6-4-3-5-7-21)18-34(26)23-10-8-22(28)9-11-23/h3-11,18,20H,12-17,19H2,1-2H3,(H,29,36)(H,30,31,35). The molecule has 0 bridgehead atoms. The number of imidazole rings is 1. The maximum Gasteiger partial charge on any atom is 0.318 e. The summed E-state index contributed by atoms with van der Waals surface area (Å²) in [7, 11) is 0. The van der Waals surface area contributed by atoms with E-state index < -0.39 is 0 Å². The minimum atomic E-state index is -0.380. The van der Waals surface area contributed by atoms with Crippen LogP contribution in [0.15, 0.2) is 60.8 Å². The Bertz CT molecular complexity index is 1180. The molecule has 3 aromatic rings. The van der Waals surface area contributed by atoms with Gasteiger partial charge in [0.25, 0.3) is 0 Å². The second kappa shape index (κ2) is 12.5. The normalized spacial score (nSPS) is 13.9. The summed E-state index contributed by atoms with van der Waals surface area (Å²) in [6.45, 7) is 7.57. The van der Waals surface area contributed by atoms with Gasteiger partial charge in [-0.1, -0.05) is 30.3 Å². The number of benzene rings is 2. The summed E-state index contributed by atoms with van der Waals surface area (Å²) in [5.41, 5.74) is 2.18. The number of carbonyl (C=O) groups is 2. The molecule has 0 atom stereocenters. The van der Waals surface area contributed by atoms with Crippen molar-refractivity contribution < 1.29 is 18.7 Å². The van der Waals surface area contributed by atoms with Gasteiger partial charge in [0.2, 0.25) is 11.9 Å². The number of ether oxygens (including phenoxy) is 1. The van der Waals surface area contributed by atoms with Gasteiger partial charge in [-0.2, -0.15) is 0 Å². The van der Waals surface area contributed by atoms with E-state index in [4.69, 9.17) is 4.74 Å². The maximum absolute atomic E-state index is 13.6. The Morgan fingerprint density at radius 1 is 1.08 bits per heavy atom. The Labute approximate surface area is 216 Å². The lowest BCUT2D eigenvalue weighted by molar-refractivity contribution is -0.116. The largest absolute Gasteiger partial charge is 0.379 e. The molecule has 1 saturated heterocycles. The molecule has 0 unspecified atom stereocenters. The number of aromatic nitrogens is 2. The van der Waals surface area contributed by atoms with Crippen LogP contribution >= 0.6 is 0 Å². The third-order valence-electron chi connectivity index (χ3n) is 5.96. The van der Waals surface area contributed by atoms with Gasteiger partial charge in [-0.05, 0) is 38.1 Å². The molecule has 1 aliphatic heterocycles.